The van der Waals surface area contributed by atoms with Gasteiger partial charge < -0.3 is 25.0 Å². The van der Waals surface area contributed by atoms with Gasteiger partial charge in [-0.15, -0.1) is 5.11 Å². The number of ether oxygens (including phenoxy) is 2. The molecule has 4 rings (SSSR count). The number of halogens is 1. The zero-order valence-electron chi connectivity index (χ0n) is 27.4. The Kier molecular flexibility index (Phi) is 14.1. The van der Waals surface area contributed by atoms with E-state index in [1.165, 1.54) is 25.3 Å². The van der Waals surface area contributed by atoms with Crippen molar-refractivity contribution in [3.8, 4) is 5.75 Å². The van der Waals surface area contributed by atoms with Crippen molar-refractivity contribution in [1.29, 1.82) is 0 Å². The first-order valence-electron chi connectivity index (χ1n) is 16.0. The highest BCUT2D eigenvalue weighted by Crippen LogP contribution is 2.27. The molecule has 11 heteroatoms. The van der Waals surface area contributed by atoms with Crippen LogP contribution in [0.4, 0.5) is 44.2 Å². The highest BCUT2D eigenvalue weighted by Gasteiger charge is 2.05. The lowest BCUT2D eigenvalue weighted by molar-refractivity contribution is -0.137. The molecule has 48 heavy (non-hydrogen) atoms. The third-order valence-corrected chi connectivity index (χ3v) is 7.19. The molecular weight excluding hydrogens is 609 g/mol. The molecular formula is C37H42FN7O3. The molecule has 0 spiro atoms. The molecule has 0 aromatic heterocycles. The minimum Gasteiger partial charge on any atom is -0.494 e. The minimum absolute atomic E-state index is 0.129. The van der Waals surface area contributed by atoms with Crippen molar-refractivity contribution in [3.63, 3.8) is 0 Å². The largest absolute Gasteiger partial charge is 0.494 e. The van der Waals surface area contributed by atoms with Gasteiger partial charge in [0, 0.05) is 30.2 Å². The van der Waals surface area contributed by atoms with Crippen LogP contribution in [-0.4, -0.2) is 39.4 Å². The Balaban J connectivity index is 1.20. The Morgan fingerprint density at radius 1 is 0.792 bits per heavy atom. The van der Waals surface area contributed by atoms with Crippen molar-refractivity contribution in [2.75, 3.05) is 49.0 Å². The van der Waals surface area contributed by atoms with Crippen molar-refractivity contribution in [2.24, 2.45) is 20.5 Å². The van der Waals surface area contributed by atoms with E-state index >= 15 is 0 Å². The molecule has 0 fully saturated rings. The average Bonchev–Trinajstić information content (AvgIpc) is 3.11. The van der Waals surface area contributed by atoms with Crippen molar-refractivity contribution in [1.82, 2.24) is 0 Å². The molecule has 250 valence electrons. The van der Waals surface area contributed by atoms with Crippen LogP contribution >= 0.6 is 0 Å². The minimum atomic E-state index is -0.492. The topological polar surface area (TPSA) is 112 Å². The van der Waals surface area contributed by atoms with Crippen LogP contribution in [0, 0.1) is 5.82 Å². The Hall–Kier alpha value is -5.58. The van der Waals surface area contributed by atoms with E-state index in [1.54, 1.807) is 36.4 Å². The zero-order valence-corrected chi connectivity index (χ0v) is 27.4. The Morgan fingerprint density at radius 2 is 1.40 bits per heavy atom. The number of hydrogen-bond acceptors (Lipinski definition) is 10. The molecule has 0 bridgehead atoms. The third kappa shape index (κ3) is 12.0. The van der Waals surface area contributed by atoms with E-state index in [2.05, 4.69) is 44.6 Å². The van der Waals surface area contributed by atoms with E-state index in [9.17, 15) is 9.18 Å². The van der Waals surface area contributed by atoms with Crippen molar-refractivity contribution in [2.45, 2.75) is 32.6 Å². The highest BCUT2D eigenvalue weighted by molar-refractivity contribution is 5.81. The summed E-state index contributed by atoms with van der Waals surface area (Å²) in [7, 11) is 1.92. The number of nitrogens with one attached hydrogen (secondary N) is 2. The maximum absolute atomic E-state index is 14.7. The van der Waals surface area contributed by atoms with Crippen LogP contribution < -0.4 is 20.3 Å². The Labute approximate surface area is 281 Å². The second-order valence-corrected chi connectivity index (χ2v) is 10.9. The summed E-state index contributed by atoms with van der Waals surface area (Å²) < 4.78 is 25.5. The molecule has 2 N–H and O–H groups in total. The third-order valence-electron chi connectivity index (χ3n) is 7.19. The van der Waals surface area contributed by atoms with Gasteiger partial charge in [0.15, 0.2) is 5.82 Å². The number of nitrogens with zero attached hydrogens (tertiary/aromatic N) is 5. The summed E-state index contributed by atoms with van der Waals surface area (Å²) in [4.78, 5) is 13.2. The molecule has 10 nitrogen and oxygen atoms in total. The van der Waals surface area contributed by atoms with Crippen LogP contribution in [0.2, 0.25) is 0 Å². The second kappa shape index (κ2) is 19.2. The van der Waals surface area contributed by atoms with E-state index in [0.717, 1.165) is 41.9 Å². The SMILES string of the molecule is C=CC(=O)OCCN(C)c1ccc(NCNc2ccc(/N=N/c3ccc(/N=N/c4ccc(OCCCCCC)cc4)cc3)c(F)c2)cc1. The molecule has 0 heterocycles. The smallest absolute Gasteiger partial charge is 0.330 e. The summed E-state index contributed by atoms with van der Waals surface area (Å²) in [5, 5.41) is 23.2. The van der Waals surface area contributed by atoms with Gasteiger partial charge in [-0.05, 0) is 97.4 Å². The van der Waals surface area contributed by atoms with Crippen LogP contribution in [-0.2, 0) is 9.53 Å². The van der Waals surface area contributed by atoms with E-state index in [-0.39, 0.29) is 12.3 Å². The fraction of sp³-hybridized carbons (Fsp3) is 0.270. The van der Waals surface area contributed by atoms with E-state index in [0.29, 0.717) is 30.3 Å². The number of hydrogen-bond donors (Lipinski definition) is 2. The van der Waals surface area contributed by atoms with Gasteiger partial charge in [-0.2, -0.15) is 15.3 Å². The maximum Gasteiger partial charge on any atom is 0.330 e. The van der Waals surface area contributed by atoms with Gasteiger partial charge in [-0.3, -0.25) is 0 Å². The normalized spacial score (nSPS) is 11.1. The lowest BCUT2D eigenvalue weighted by atomic mass is 10.2. The summed E-state index contributed by atoms with van der Waals surface area (Å²) in [5.74, 6) is -0.104. The van der Waals surface area contributed by atoms with Gasteiger partial charge in [0.1, 0.15) is 18.0 Å². The Morgan fingerprint density at radius 3 is 2.02 bits per heavy atom. The first-order valence-corrected chi connectivity index (χ1v) is 16.0. The molecule has 0 atom stereocenters. The summed E-state index contributed by atoms with van der Waals surface area (Å²) in [6.45, 7) is 7.51. The lowest BCUT2D eigenvalue weighted by Gasteiger charge is -2.19. The quantitative estimate of drug-likeness (QED) is 0.0343. The van der Waals surface area contributed by atoms with Gasteiger partial charge >= 0.3 is 5.97 Å². The van der Waals surface area contributed by atoms with Crippen LogP contribution in [0.15, 0.2) is 124 Å². The number of carbonyl (C=O) groups excluding carboxylic acids is 1. The van der Waals surface area contributed by atoms with E-state index in [1.807, 2.05) is 60.5 Å². The van der Waals surface area contributed by atoms with Gasteiger partial charge in [-0.25, -0.2) is 9.18 Å². The van der Waals surface area contributed by atoms with Crippen LogP contribution in [0.3, 0.4) is 0 Å². The monoisotopic (exact) mass is 651 g/mol. The number of azo groups is 2. The maximum atomic E-state index is 14.7. The van der Waals surface area contributed by atoms with E-state index < -0.39 is 11.8 Å². The number of anilines is 3. The molecule has 0 saturated heterocycles. The molecule has 0 amide bonds. The molecule has 0 saturated carbocycles. The summed E-state index contributed by atoms with van der Waals surface area (Å²) in [5.41, 5.74) is 4.55. The summed E-state index contributed by atoms with van der Waals surface area (Å²) in [6.07, 6.45) is 5.82. The number of likely N-dealkylation sites (N-methyl/N-ethyl adjacent to an activating group) is 1. The first kappa shape index (κ1) is 35.3. The number of benzene rings is 4. The number of rotatable bonds is 19. The predicted molar refractivity (Wildman–Crippen MR) is 190 cm³/mol. The lowest BCUT2D eigenvalue weighted by Crippen LogP contribution is -2.23. The first-order chi connectivity index (χ1) is 23.4. The van der Waals surface area contributed by atoms with Crippen molar-refractivity contribution >= 4 is 45.8 Å². The average molecular weight is 652 g/mol. The molecule has 0 unspecified atom stereocenters. The molecule has 0 aliphatic carbocycles. The van der Waals surface area contributed by atoms with Crippen molar-refractivity contribution < 1.29 is 18.7 Å². The van der Waals surface area contributed by atoms with Crippen LogP contribution in [0.5, 0.6) is 5.75 Å². The Bertz CT molecular complexity index is 1640. The molecule has 0 aliphatic rings. The fourth-order valence-electron chi connectivity index (χ4n) is 4.39. The second-order valence-electron chi connectivity index (χ2n) is 10.9. The molecule has 0 radical (unpaired) electrons. The highest BCUT2D eigenvalue weighted by atomic mass is 19.1. The molecule has 4 aromatic rings. The predicted octanol–water partition coefficient (Wildman–Crippen LogP) is 10.3. The van der Waals surface area contributed by atoms with Crippen LogP contribution in [0.1, 0.15) is 32.6 Å². The van der Waals surface area contributed by atoms with E-state index in [4.69, 9.17) is 9.47 Å². The standard InChI is InChI=1S/C37H42FN7O3/c1-4-6-7-8-24-47-34-20-15-31(16-21-34)42-41-29-9-11-30(12-10-29)43-44-36-22-17-32(26-35(36)38)40-27-39-28-13-18-33(19-14-28)45(3)23-25-48-37(46)5-2/h5,9-22,26,39-40H,2,4,6-8,23-25,27H2,1,3H3/b42-41+,44-43+. The summed E-state index contributed by atoms with van der Waals surface area (Å²) in [6, 6.07) is 27.1. The van der Waals surface area contributed by atoms with Gasteiger partial charge in [0.2, 0.25) is 0 Å². The fourth-order valence-corrected chi connectivity index (χ4v) is 4.39. The zero-order chi connectivity index (χ0) is 34.0. The van der Waals surface area contributed by atoms with Crippen LogP contribution in [0.25, 0.3) is 0 Å². The van der Waals surface area contributed by atoms with Gasteiger partial charge in [0.05, 0.1) is 36.9 Å². The van der Waals surface area contributed by atoms with Gasteiger partial charge in [-0.1, -0.05) is 32.8 Å². The number of unbranched alkanes of at least 4 members (excludes halogenated alkanes) is 3. The molecule has 0 aliphatic heterocycles. The van der Waals surface area contributed by atoms with Gasteiger partial charge in [0.25, 0.3) is 0 Å². The number of carbonyl (C=O) groups is 1. The number of esters is 1. The van der Waals surface area contributed by atoms with Crippen molar-refractivity contribution in [3.05, 3.63) is 109 Å². The molecule has 4 aromatic carbocycles. The summed E-state index contributed by atoms with van der Waals surface area (Å²) >= 11 is 0.